The van der Waals surface area contributed by atoms with Crippen molar-refractivity contribution in [1.29, 1.82) is 0 Å². The molecular formula is C25H38N8O4. The highest BCUT2D eigenvalue weighted by Crippen LogP contribution is 2.25. The molecule has 0 aromatic carbocycles. The van der Waals surface area contributed by atoms with Gasteiger partial charge in [0.05, 0.1) is 24.8 Å². The lowest BCUT2D eigenvalue weighted by Crippen LogP contribution is -2.59. The van der Waals surface area contributed by atoms with Crippen LogP contribution in [0.5, 0.6) is 0 Å². The molecule has 12 heteroatoms. The minimum Gasteiger partial charge on any atom is -0.481 e. The number of fused-ring (bicyclic) bond motifs is 1. The van der Waals surface area contributed by atoms with Gasteiger partial charge in [-0.2, -0.15) is 0 Å². The predicted molar refractivity (Wildman–Crippen MR) is 140 cm³/mol. The van der Waals surface area contributed by atoms with Gasteiger partial charge in [-0.25, -0.2) is 24.7 Å². The van der Waals surface area contributed by atoms with Crippen molar-refractivity contribution in [2.75, 3.05) is 58.3 Å². The van der Waals surface area contributed by atoms with Crippen LogP contribution in [0.4, 0.5) is 10.7 Å². The highest BCUT2D eigenvalue weighted by atomic mass is 16.6. The number of guanidine groups is 1. The van der Waals surface area contributed by atoms with E-state index in [1.54, 1.807) is 11.8 Å². The van der Waals surface area contributed by atoms with E-state index < -0.39 is 17.0 Å². The number of rotatable bonds is 4. The van der Waals surface area contributed by atoms with Crippen LogP contribution < -0.4 is 4.90 Å². The molecule has 0 saturated carbocycles. The summed E-state index contributed by atoms with van der Waals surface area (Å²) in [6.45, 7) is 11.2. The molecule has 0 bridgehead atoms. The van der Waals surface area contributed by atoms with Crippen LogP contribution in [0.1, 0.15) is 39.0 Å². The predicted octanol–water partition coefficient (Wildman–Crippen LogP) is 1.35. The number of aromatic nitrogens is 2. The summed E-state index contributed by atoms with van der Waals surface area (Å²) in [5, 5.41) is 9.47. The summed E-state index contributed by atoms with van der Waals surface area (Å²) in [4.78, 5) is 50.7. The number of aliphatic carboxylic acids is 1. The molecule has 3 aliphatic heterocycles. The largest absolute Gasteiger partial charge is 0.481 e. The molecule has 4 rings (SSSR count). The van der Waals surface area contributed by atoms with Gasteiger partial charge in [0.25, 0.3) is 0 Å². The topological polar surface area (TPSA) is 127 Å². The van der Waals surface area contributed by atoms with Crippen LogP contribution >= 0.6 is 0 Å². The minimum absolute atomic E-state index is 0.0797. The molecule has 12 nitrogen and oxygen atoms in total. The Labute approximate surface area is 218 Å². The van der Waals surface area contributed by atoms with Crippen LogP contribution in [0.3, 0.4) is 0 Å². The molecule has 0 aliphatic carbocycles. The first-order valence-corrected chi connectivity index (χ1v) is 12.7. The molecule has 37 heavy (non-hydrogen) atoms. The maximum absolute atomic E-state index is 12.5. The van der Waals surface area contributed by atoms with Crippen molar-refractivity contribution < 1.29 is 19.4 Å². The molecule has 1 aromatic heterocycles. The molecule has 1 aromatic rings. The Kier molecular flexibility index (Phi) is 7.40. The number of carbonyl (C=O) groups excluding carboxylic acids is 1. The highest BCUT2D eigenvalue weighted by molar-refractivity contribution is 6.01. The number of ether oxygens (including phenoxy) is 1. The number of nitrogens with zero attached hydrogens (tertiary/aromatic N) is 8. The molecule has 3 aliphatic rings. The molecule has 1 amide bonds. The lowest BCUT2D eigenvalue weighted by molar-refractivity contribution is -0.143. The smallest absolute Gasteiger partial charge is 0.410 e. The monoisotopic (exact) mass is 514 g/mol. The Morgan fingerprint density at radius 1 is 1.24 bits per heavy atom. The van der Waals surface area contributed by atoms with Crippen molar-refractivity contribution in [2.45, 2.75) is 52.3 Å². The molecule has 1 saturated heterocycles. The quantitative estimate of drug-likeness (QED) is 0.633. The van der Waals surface area contributed by atoms with E-state index in [2.05, 4.69) is 29.7 Å². The standard InChI is InChI=1S/C25H38N8O4/c1-24(2,3)37-23(36)32-8-7-19-17(12-32)11-26-22(29-19)31-9-10-33(18(14-31)13-30(5)6)21-27-15-25(4,16-28-21)20(34)35/h11,15,18H,7-10,12-14,16H2,1-6H3,(H,34,35)/t18-,25?/m0/s1. The van der Waals surface area contributed by atoms with E-state index >= 15 is 0 Å². The zero-order valence-corrected chi connectivity index (χ0v) is 22.6. The van der Waals surface area contributed by atoms with Crippen LogP contribution in [0.25, 0.3) is 0 Å². The van der Waals surface area contributed by atoms with Crippen molar-refractivity contribution in [3.63, 3.8) is 0 Å². The summed E-state index contributed by atoms with van der Waals surface area (Å²) in [5.74, 6) is 0.340. The molecule has 202 valence electrons. The second-order valence-corrected chi connectivity index (χ2v) is 11.4. The second-order valence-electron chi connectivity index (χ2n) is 11.4. The van der Waals surface area contributed by atoms with Gasteiger partial charge < -0.3 is 29.4 Å². The number of hydrogen-bond acceptors (Lipinski definition) is 10. The second kappa shape index (κ2) is 10.2. The van der Waals surface area contributed by atoms with Crippen LogP contribution in [0.2, 0.25) is 0 Å². The molecule has 0 radical (unpaired) electrons. The SMILES string of the molecule is CN(C)C[C@H]1CN(c2ncc3c(n2)CCN(C(=O)OC(C)(C)C)C3)CCN1C1=NCC(C)(C(=O)O)C=N1. The number of anilines is 1. The van der Waals surface area contributed by atoms with E-state index in [0.717, 1.165) is 17.8 Å². The Bertz CT molecular complexity index is 1100. The third-order valence-corrected chi connectivity index (χ3v) is 6.67. The first-order chi connectivity index (χ1) is 17.3. The number of carbonyl (C=O) groups is 2. The summed E-state index contributed by atoms with van der Waals surface area (Å²) in [6.07, 6.45) is 3.66. The number of likely N-dealkylation sites (N-methyl/N-ethyl adjacent to an activating group) is 1. The highest BCUT2D eigenvalue weighted by Gasteiger charge is 2.37. The van der Waals surface area contributed by atoms with Crippen LogP contribution in [0, 0.1) is 5.41 Å². The summed E-state index contributed by atoms with van der Waals surface area (Å²) >= 11 is 0. The van der Waals surface area contributed by atoms with Gasteiger partial charge in [0.2, 0.25) is 11.9 Å². The molecular weight excluding hydrogens is 476 g/mol. The van der Waals surface area contributed by atoms with Crippen molar-refractivity contribution >= 4 is 30.2 Å². The maximum atomic E-state index is 12.5. The van der Waals surface area contributed by atoms with E-state index in [4.69, 9.17) is 9.72 Å². The van der Waals surface area contributed by atoms with Crippen LogP contribution in [-0.4, -0.2) is 119 Å². The summed E-state index contributed by atoms with van der Waals surface area (Å²) < 4.78 is 5.52. The average Bonchev–Trinajstić information content (AvgIpc) is 2.82. The maximum Gasteiger partial charge on any atom is 0.410 e. The molecule has 4 heterocycles. The fraction of sp³-hybridized carbons (Fsp3) is 0.680. The normalized spacial score (nSPS) is 24.1. The molecule has 1 N–H and O–H groups in total. The lowest BCUT2D eigenvalue weighted by Gasteiger charge is -2.43. The van der Waals surface area contributed by atoms with Gasteiger partial charge in [-0.1, -0.05) is 0 Å². The fourth-order valence-electron chi connectivity index (χ4n) is 4.62. The van der Waals surface area contributed by atoms with Gasteiger partial charge in [0.1, 0.15) is 11.0 Å². The molecule has 1 fully saturated rings. The van der Waals surface area contributed by atoms with Crippen molar-refractivity contribution in [3.8, 4) is 0 Å². The first-order valence-electron chi connectivity index (χ1n) is 12.7. The minimum atomic E-state index is -1.07. The number of hydrogen-bond donors (Lipinski definition) is 1. The van der Waals surface area contributed by atoms with Crippen molar-refractivity contribution in [2.24, 2.45) is 15.4 Å². The Balaban J connectivity index is 1.45. The number of piperazine rings is 1. The third-order valence-electron chi connectivity index (χ3n) is 6.67. The lowest BCUT2D eigenvalue weighted by atomic mass is 9.92. The molecule has 1 unspecified atom stereocenters. The summed E-state index contributed by atoms with van der Waals surface area (Å²) in [5.41, 5.74) is 0.300. The zero-order chi connectivity index (χ0) is 27.0. The Morgan fingerprint density at radius 2 is 2.00 bits per heavy atom. The summed E-state index contributed by atoms with van der Waals surface area (Å²) in [7, 11) is 4.05. The van der Waals surface area contributed by atoms with Gasteiger partial charge in [0, 0.05) is 57.1 Å². The number of aliphatic imine (C=N–C) groups is 2. The van der Waals surface area contributed by atoms with Gasteiger partial charge in [-0.15, -0.1) is 0 Å². The number of carboxylic acid groups (broad SMARTS) is 1. The Hall–Kier alpha value is -3.28. The van der Waals surface area contributed by atoms with E-state index in [0.29, 0.717) is 51.1 Å². The van der Waals surface area contributed by atoms with Gasteiger partial charge in [0.15, 0.2) is 0 Å². The fourth-order valence-corrected chi connectivity index (χ4v) is 4.62. The van der Waals surface area contributed by atoms with Gasteiger partial charge in [-0.05, 0) is 41.8 Å². The van der Waals surface area contributed by atoms with E-state index in [1.807, 2.05) is 41.1 Å². The molecule has 0 spiro atoms. The van der Waals surface area contributed by atoms with Crippen LogP contribution in [-0.2, 0) is 22.5 Å². The summed E-state index contributed by atoms with van der Waals surface area (Å²) in [6, 6.07) is 0.0797. The van der Waals surface area contributed by atoms with Gasteiger partial charge in [-0.3, -0.25) is 4.79 Å². The average molecular weight is 515 g/mol. The van der Waals surface area contributed by atoms with E-state index in [1.165, 1.54) is 6.21 Å². The van der Waals surface area contributed by atoms with Gasteiger partial charge >= 0.3 is 12.1 Å². The van der Waals surface area contributed by atoms with Crippen LogP contribution in [0.15, 0.2) is 16.2 Å². The first kappa shape index (κ1) is 26.8. The van der Waals surface area contributed by atoms with Crippen molar-refractivity contribution in [1.82, 2.24) is 24.7 Å². The Morgan fingerprint density at radius 3 is 2.62 bits per heavy atom. The molecule has 2 atom stereocenters. The third kappa shape index (κ3) is 6.17. The number of carboxylic acids is 1. The number of amides is 1. The zero-order valence-electron chi connectivity index (χ0n) is 22.6. The van der Waals surface area contributed by atoms with E-state index in [-0.39, 0.29) is 18.7 Å². The van der Waals surface area contributed by atoms with E-state index in [9.17, 15) is 14.7 Å². The van der Waals surface area contributed by atoms with Crippen molar-refractivity contribution in [3.05, 3.63) is 17.5 Å².